The van der Waals surface area contributed by atoms with E-state index in [4.69, 9.17) is 10.00 Å². The van der Waals surface area contributed by atoms with Gasteiger partial charge in [-0.2, -0.15) is 5.26 Å². The number of rotatable bonds is 5. The highest BCUT2D eigenvalue weighted by Gasteiger charge is 2.16. The van der Waals surface area contributed by atoms with Crippen LogP contribution in [0, 0.1) is 11.3 Å². The van der Waals surface area contributed by atoms with E-state index in [-0.39, 0.29) is 18.2 Å². The van der Waals surface area contributed by atoms with Gasteiger partial charge in [-0.25, -0.2) is 4.79 Å². The van der Waals surface area contributed by atoms with E-state index in [9.17, 15) is 4.79 Å². The van der Waals surface area contributed by atoms with Crippen LogP contribution in [-0.4, -0.2) is 24.9 Å². The minimum atomic E-state index is -0.572. The molecule has 15 heavy (non-hydrogen) atoms. The van der Waals surface area contributed by atoms with E-state index in [1.54, 1.807) is 13.2 Å². The molecule has 0 saturated carbocycles. The number of carbonyl (C=O) groups excluding carboxylic acids is 1. The lowest BCUT2D eigenvalue weighted by Crippen LogP contribution is -2.23. The Morgan fingerprint density at radius 1 is 1.60 bits per heavy atom. The fourth-order valence-corrected chi connectivity index (χ4v) is 1.57. The Labute approximate surface area is 94.7 Å². The van der Waals surface area contributed by atoms with Crippen LogP contribution < -0.4 is 5.32 Å². The molecule has 0 aliphatic carbocycles. The summed E-state index contributed by atoms with van der Waals surface area (Å²) in [5.74, 6) is -0.572. The largest absolute Gasteiger partial charge is 0.462 e. The van der Waals surface area contributed by atoms with Crippen LogP contribution in [0.5, 0.6) is 0 Å². The SMILES string of the molecule is CCOC(=O)/C(C#N)=C(/NC(C)C)SC. The average Bonchev–Trinajstić information content (AvgIpc) is 2.17. The first kappa shape index (κ1) is 13.8. The Morgan fingerprint density at radius 3 is 2.53 bits per heavy atom. The van der Waals surface area contributed by atoms with E-state index in [1.807, 2.05) is 19.9 Å². The Morgan fingerprint density at radius 2 is 2.20 bits per heavy atom. The molecule has 0 aliphatic heterocycles. The molecule has 0 radical (unpaired) electrons. The molecular formula is C10H16N2O2S. The standard InChI is InChI=1S/C10H16N2O2S/c1-5-14-10(13)8(6-11)9(15-4)12-7(2)3/h7,12H,5H2,1-4H3/b9-8-. The highest BCUT2D eigenvalue weighted by atomic mass is 32.2. The van der Waals surface area contributed by atoms with Gasteiger partial charge in [0.1, 0.15) is 6.07 Å². The van der Waals surface area contributed by atoms with Crippen molar-refractivity contribution in [2.75, 3.05) is 12.9 Å². The number of hydrogen-bond acceptors (Lipinski definition) is 5. The third-order valence-corrected chi connectivity index (χ3v) is 2.17. The van der Waals surface area contributed by atoms with Gasteiger partial charge in [0, 0.05) is 6.04 Å². The normalized spacial score (nSPS) is 11.7. The summed E-state index contributed by atoms with van der Waals surface area (Å²) in [5, 5.41) is 12.5. The number of carbonyl (C=O) groups is 1. The van der Waals surface area contributed by atoms with Crippen molar-refractivity contribution in [1.29, 1.82) is 5.26 Å². The summed E-state index contributed by atoms with van der Waals surface area (Å²) in [6.45, 7) is 5.86. The van der Waals surface area contributed by atoms with Gasteiger partial charge >= 0.3 is 5.97 Å². The Balaban J connectivity index is 4.91. The summed E-state index contributed by atoms with van der Waals surface area (Å²) in [6.07, 6.45) is 1.81. The second-order valence-corrected chi connectivity index (χ2v) is 3.86. The van der Waals surface area contributed by atoms with Gasteiger partial charge in [-0.05, 0) is 27.0 Å². The molecule has 0 aliphatic rings. The summed E-state index contributed by atoms with van der Waals surface area (Å²) in [4.78, 5) is 11.4. The lowest BCUT2D eigenvalue weighted by molar-refractivity contribution is -0.138. The molecule has 0 unspecified atom stereocenters. The molecule has 0 rings (SSSR count). The van der Waals surface area contributed by atoms with Gasteiger partial charge < -0.3 is 10.1 Å². The zero-order valence-corrected chi connectivity index (χ0v) is 10.3. The molecule has 0 heterocycles. The van der Waals surface area contributed by atoms with Gasteiger partial charge in [0.05, 0.1) is 11.6 Å². The zero-order valence-electron chi connectivity index (χ0n) is 9.46. The van der Waals surface area contributed by atoms with E-state index in [2.05, 4.69) is 5.32 Å². The van der Waals surface area contributed by atoms with Crippen molar-refractivity contribution in [3.8, 4) is 6.07 Å². The van der Waals surface area contributed by atoms with Crippen LogP contribution in [0.3, 0.4) is 0 Å². The third kappa shape index (κ3) is 4.75. The fraction of sp³-hybridized carbons (Fsp3) is 0.600. The van der Waals surface area contributed by atoms with Crippen LogP contribution in [0.2, 0.25) is 0 Å². The molecule has 0 aromatic carbocycles. The summed E-state index contributed by atoms with van der Waals surface area (Å²) < 4.78 is 4.79. The fourth-order valence-electron chi connectivity index (χ4n) is 0.888. The Bertz CT molecular complexity index is 292. The first-order valence-corrected chi connectivity index (χ1v) is 5.91. The van der Waals surface area contributed by atoms with Gasteiger partial charge in [-0.3, -0.25) is 0 Å². The number of nitrogens with zero attached hydrogens (tertiary/aromatic N) is 1. The Kier molecular flexibility index (Phi) is 6.63. The van der Waals surface area contributed by atoms with Gasteiger partial charge in [0.15, 0.2) is 5.57 Å². The molecule has 0 atom stereocenters. The molecule has 0 amide bonds. The van der Waals surface area contributed by atoms with Crippen molar-refractivity contribution < 1.29 is 9.53 Å². The molecule has 0 spiro atoms. The van der Waals surface area contributed by atoms with Crippen molar-refractivity contribution in [2.45, 2.75) is 26.8 Å². The zero-order chi connectivity index (χ0) is 11.8. The second-order valence-electron chi connectivity index (χ2n) is 3.04. The molecule has 1 N–H and O–H groups in total. The molecule has 5 heteroatoms. The van der Waals surface area contributed by atoms with E-state index in [1.165, 1.54) is 11.8 Å². The Hall–Kier alpha value is -1.15. The van der Waals surface area contributed by atoms with Crippen LogP contribution in [0.1, 0.15) is 20.8 Å². The predicted octanol–water partition coefficient (Wildman–Crippen LogP) is 1.65. The van der Waals surface area contributed by atoms with Gasteiger partial charge in [0.2, 0.25) is 0 Å². The molecular weight excluding hydrogens is 212 g/mol. The van der Waals surface area contributed by atoms with Crippen molar-refractivity contribution in [3.05, 3.63) is 10.6 Å². The van der Waals surface area contributed by atoms with E-state index in [0.29, 0.717) is 5.03 Å². The topological polar surface area (TPSA) is 62.1 Å². The van der Waals surface area contributed by atoms with Gasteiger partial charge in [-0.1, -0.05) is 0 Å². The number of nitriles is 1. The van der Waals surface area contributed by atoms with Crippen LogP contribution >= 0.6 is 11.8 Å². The molecule has 0 aromatic rings. The van der Waals surface area contributed by atoms with E-state index >= 15 is 0 Å². The molecule has 0 bridgehead atoms. The molecule has 84 valence electrons. The van der Waals surface area contributed by atoms with Crippen molar-refractivity contribution in [3.63, 3.8) is 0 Å². The predicted molar refractivity (Wildman–Crippen MR) is 61.1 cm³/mol. The summed E-state index contributed by atoms with van der Waals surface area (Å²) in [7, 11) is 0. The summed E-state index contributed by atoms with van der Waals surface area (Å²) in [6, 6.07) is 2.04. The first-order valence-electron chi connectivity index (χ1n) is 4.68. The maximum atomic E-state index is 11.4. The van der Waals surface area contributed by atoms with Crippen molar-refractivity contribution in [2.24, 2.45) is 0 Å². The third-order valence-electron chi connectivity index (χ3n) is 1.44. The monoisotopic (exact) mass is 228 g/mol. The second kappa shape index (κ2) is 7.18. The van der Waals surface area contributed by atoms with Crippen LogP contribution in [0.4, 0.5) is 0 Å². The van der Waals surface area contributed by atoms with Crippen LogP contribution in [0.25, 0.3) is 0 Å². The number of esters is 1. The number of hydrogen-bond donors (Lipinski definition) is 1. The van der Waals surface area contributed by atoms with Crippen molar-refractivity contribution >= 4 is 17.7 Å². The van der Waals surface area contributed by atoms with Crippen LogP contribution in [-0.2, 0) is 9.53 Å². The van der Waals surface area contributed by atoms with E-state index in [0.717, 1.165) is 0 Å². The molecule has 0 fully saturated rings. The van der Waals surface area contributed by atoms with Crippen LogP contribution in [0.15, 0.2) is 10.6 Å². The highest BCUT2D eigenvalue weighted by Crippen LogP contribution is 2.15. The minimum absolute atomic E-state index is 0.0399. The summed E-state index contributed by atoms with van der Waals surface area (Å²) in [5.41, 5.74) is 0.0399. The number of ether oxygens (including phenoxy) is 1. The quantitative estimate of drug-likeness (QED) is 0.440. The molecule has 4 nitrogen and oxygen atoms in total. The van der Waals surface area contributed by atoms with E-state index < -0.39 is 5.97 Å². The van der Waals surface area contributed by atoms with Crippen molar-refractivity contribution in [1.82, 2.24) is 5.32 Å². The maximum Gasteiger partial charge on any atom is 0.351 e. The number of nitrogens with one attached hydrogen (secondary N) is 1. The van der Waals surface area contributed by atoms with Gasteiger partial charge in [0.25, 0.3) is 0 Å². The molecule has 0 saturated heterocycles. The minimum Gasteiger partial charge on any atom is -0.462 e. The average molecular weight is 228 g/mol. The summed E-state index contributed by atoms with van der Waals surface area (Å²) >= 11 is 1.33. The highest BCUT2D eigenvalue weighted by molar-refractivity contribution is 8.02. The first-order chi connectivity index (χ1) is 7.06. The smallest absolute Gasteiger partial charge is 0.351 e. The lowest BCUT2D eigenvalue weighted by atomic mass is 10.3. The number of thioether (sulfide) groups is 1. The van der Waals surface area contributed by atoms with Gasteiger partial charge in [-0.15, -0.1) is 11.8 Å². The maximum absolute atomic E-state index is 11.4. The lowest BCUT2D eigenvalue weighted by Gasteiger charge is -2.13. The molecule has 0 aromatic heterocycles.